The molecule has 6 heteroatoms. The first-order chi connectivity index (χ1) is 11.5. The lowest BCUT2D eigenvalue weighted by atomic mass is 9.98. The average Bonchev–Trinajstić information content (AvgIpc) is 2.57. The molecule has 1 aromatic carbocycles. The van der Waals surface area contributed by atoms with Crippen molar-refractivity contribution in [2.45, 2.75) is 31.2 Å². The number of nitrogens with zero attached hydrogens (tertiary/aromatic N) is 1. The van der Waals surface area contributed by atoms with Crippen LogP contribution in [0.15, 0.2) is 30.3 Å². The zero-order chi connectivity index (χ0) is 17.7. The van der Waals surface area contributed by atoms with Gasteiger partial charge < -0.3 is 10.1 Å². The molecule has 0 fully saturated rings. The highest BCUT2D eigenvalue weighted by atomic mass is 127. The minimum atomic E-state index is -0.887. The Hall–Kier alpha value is -1.46. The number of benzene rings is 1. The monoisotopic (exact) mass is 454 g/mol. The third-order valence-electron chi connectivity index (χ3n) is 3.69. The van der Waals surface area contributed by atoms with Crippen LogP contribution in [0.25, 0.3) is 10.9 Å². The van der Waals surface area contributed by atoms with Crippen LogP contribution in [0.2, 0.25) is 0 Å². The first-order valence-electron chi connectivity index (χ1n) is 7.47. The molecule has 2 unspecified atom stereocenters. The maximum absolute atomic E-state index is 11.6. The molecule has 2 aromatic rings. The fourth-order valence-electron chi connectivity index (χ4n) is 2.44. The Bertz CT molecular complexity index is 790. The third-order valence-corrected chi connectivity index (χ3v) is 5.39. The Morgan fingerprint density at radius 3 is 2.83 bits per heavy atom. The van der Waals surface area contributed by atoms with Crippen LogP contribution >= 0.6 is 34.4 Å². The minimum absolute atomic E-state index is 0.182. The van der Waals surface area contributed by atoms with Crippen molar-refractivity contribution in [3.05, 3.63) is 33.9 Å². The lowest BCUT2D eigenvalue weighted by Gasteiger charge is -2.35. The largest absolute Gasteiger partial charge is 0.459 e. The summed E-state index contributed by atoms with van der Waals surface area (Å²) in [5, 5.41) is 3.92. The van der Waals surface area contributed by atoms with Crippen molar-refractivity contribution in [2.75, 3.05) is 6.26 Å². The number of nitrogens with one attached hydrogen (secondary N) is 1. The van der Waals surface area contributed by atoms with Gasteiger partial charge in [0.2, 0.25) is 11.8 Å². The van der Waals surface area contributed by atoms with E-state index in [1.807, 2.05) is 43.5 Å². The summed E-state index contributed by atoms with van der Waals surface area (Å²) in [5.41, 5.74) is -0.476. The summed E-state index contributed by atoms with van der Waals surface area (Å²) >= 11 is 3.65. The smallest absolute Gasteiger partial charge is 0.228 e. The van der Waals surface area contributed by atoms with Crippen molar-refractivity contribution in [3.63, 3.8) is 0 Å². The second-order valence-electron chi connectivity index (χ2n) is 5.30. The zero-order valence-electron chi connectivity index (χ0n) is 13.8. The molecule has 1 heterocycles. The average molecular weight is 454 g/mol. The molecule has 0 saturated heterocycles. The fraction of sp³-hybridized carbons (Fsp3) is 0.333. The SMILES string of the molecule is C#CC(CC)(NC(C)=O)C(Oc1nc2ccccc2cc1I)SC. The summed E-state index contributed by atoms with van der Waals surface area (Å²) in [4.78, 5) is 16.2. The Morgan fingerprint density at radius 2 is 2.25 bits per heavy atom. The number of terminal acetylenes is 1. The Balaban J connectivity index is 2.40. The summed E-state index contributed by atoms with van der Waals surface area (Å²) in [7, 11) is 0. The van der Waals surface area contributed by atoms with Gasteiger partial charge in [0.05, 0.1) is 9.09 Å². The van der Waals surface area contributed by atoms with Crippen molar-refractivity contribution < 1.29 is 9.53 Å². The van der Waals surface area contributed by atoms with E-state index in [2.05, 4.69) is 38.8 Å². The van der Waals surface area contributed by atoms with Crippen LogP contribution in [0.4, 0.5) is 0 Å². The molecule has 1 N–H and O–H groups in total. The van der Waals surface area contributed by atoms with Gasteiger partial charge >= 0.3 is 0 Å². The molecule has 1 amide bonds. The number of carbonyl (C=O) groups is 1. The summed E-state index contributed by atoms with van der Waals surface area (Å²) in [6.45, 7) is 3.39. The Morgan fingerprint density at radius 1 is 1.54 bits per heavy atom. The Kier molecular flexibility index (Phi) is 6.35. The van der Waals surface area contributed by atoms with Gasteiger partial charge in [0.1, 0.15) is 5.54 Å². The number of hydrogen-bond donors (Lipinski definition) is 1. The number of ether oxygens (including phenoxy) is 1. The molecule has 2 atom stereocenters. The topological polar surface area (TPSA) is 51.2 Å². The maximum atomic E-state index is 11.6. The standard InChI is InChI=1S/C18H19IN2O2S/c1-5-18(6-2,21-12(3)22)17(24-4)23-16-14(19)11-13-9-7-8-10-15(13)20-16/h1,7-11,17H,6H2,2-4H3,(H,21,22). The molecule has 0 aliphatic heterocycles. The Labute approximate surface area is 160 Å². The first kappa shape index (κ1) is 18.9. The predicted molar refractivity (Wildman–Crippen MR) is 108 cm³/mol. The van der Waals surface area contributed by atoms with E-state index in [9.17, 15) is 4.79 Å². The lowest BCUT2D eigenvalue weighted by Crippen LogP contribution is -2.55. The highest BCUT2D eigenvalue weighted by Gasteiger charge is 2.38. The van der Waals surface area contributed by atoms with Crippen LogP contribution in [0.3, 0.4) is 0 Å². The number of carbonyl (C=O) groups excluding carboxylic acids is 1. The van der Waals surface area contributed by atoms with Crippen LogP contribution in [-0.4, -0.2) is 28.1 Å². The summed E-state index contributed by atoms with van der Waals surface area (Å²) in [5.74, 6) is 3.06. The number of amides is 1. The molecule has 126 valence electrons. The van der Waals surface area contributed by atoms with E-state index >= 15 is 0 Å². The third kappa shape index (κ3) is 3.95. The fourth-order valence-corrected chi connectivity index (χ4v) is 3.91. The van der Waals surface area contributed by atoms with E-state index in [0.717, 1.165) is 14.5 Å². The van der Waals surface area contributed by atoms with Crippen molar-refractivity contribution in [1.82, 2.24) is 10.3 Å². The van der Waals surface area contributed by atoms with Gasteiger partial charge in [0.15, 0.2) is 5.44 Å². The van der Waals surface area contributed by atoms with Gasteiger partial charge in [-0.15, -0.1) is 18.2 Å². The number of rotatable bonds is 6. The zero-order valence-corrected chi connectivity index (χ0v) is 16.8. The van der Waals surface area contributed by atoms with Crippen molar-refractivity contribution in [3.8, 4) is 18.2 Å². The molecule has 0 aliphatic rings. The molecule has 1 aromatic heterocycles. The normalized spacial score (nSPS) is 14.5. The number of fused-ring (bicyclic) bond motifs is 1. The molecule has 0 bridgehead atoms. The molecular weight excluding hydrogens is 435 g/mol. The number of hydrogen-bond acceptors (Lipinski definition) is 4. The number of aromatic nitrogens is 1. The van der Waals surface area contributed by atoms with E-state index in [0.29, 0.717) is 12.3 Å². The van der Waals surface area contributed by atoms with Gasteiger partial charge in [0, 0.05) is 12.3 Å². The van der Waals surface area contributed by atoms with Crippen LogP contribution in [0, 0.1) is 15.9 Å². The van der Waals surface area contributed by atoms with Crippen LogP contribution in [0.1, 0.15) is 20.3 Å². The second kappa shape index (κ2) is 8.08. The quantitative estimate of drug-likeness (QED) is 0.410. The van der Waals surface area contributed by atoms with Gasteiger partial charge in [-0.05, 0) is 47.4 Å². The number of halogens is 1. The van der Waals surface area contributed by atoms with E-state index in [-0.39, 0.29) is 5.91 Å². The van der Waals surface area contributed by atoms with Gasteiger partial charge in [-0.2, -0.15) is 0 Å². The van der Waals surface area contributed by atoms with E-state index in [1.54, 1.807) is 0 Å². The van der Waals surface area contributed by atoms with Crippen LogP contribution in [0.5, 0.6) is 5.88 Å². The minimum Gasteiger partial charge on any atom is -0.459 e. The lowest BCUT2D eigenvalue weighted by molar-refractivity contribution is -0.120. The van der Waals surface area contributed by atoms with Crippen molar-refractivity contribution in [1.29, 1.82) is 0 Å². The molecule has 4 nitrogen and oxygen atoms in total. The predicted octanol–water partition coefficient (Wildman–Crippen LogP) is 3.83. The van der Waals surface area contributed by atoms with Gasteiger partial charge in [-0.3, -0.25) is 4.79 Å². The molecular formula is C18H19IN2O2S. The molecule has 0 aliphatic carbocycles. The summed E-state index contributed by atoms with van der Waals surface area (Å²) < 4.78 is 7.04. The molecule has 0 spiro atoms. The number of thioether (sulfide) groups is 1. The highest BCUT2D eigenvalue weighted by molar-refractivity contribution is 14.1. The highest BCUT2D eigenvalue weighted by Crippen LogP contribution is 2.31. The van der Waals surface area contributed by atoms with E-state index in [1.165, 1.54) is 18.7 Å². The van der Waals surface area contributed by atoms with Gasteiger partial charge in [0.25, 0.3) is 0 Å². The molecule has 24 heavy (non-hydrogen) atoms. The molecule has 0 radical (unpaired) electrons. The first-order valence-corrected chi connectivity index (χ1v) is 9.83. The summed E-state index contributed by atoms with van der Waals surface area (Å²) in [6.07, 6.45) is 8.20. The second-order valence-corrected chi connectivity index (χ2v) is 7.37. The molecule has 2 rings (SSSR count). The van der Waals surface area contributed by atoms with Crippen molar-refractivity contribution in [2.24, 2.45) is 0 Å². The number of para-hydroxylation sites is 1. The maximum Gasteiger partial charge on any atom is 0.228 e. The number of pyridine rings is 1. The van der Waals surface area contributed by atoms with E-state index in [4.69, 9.17) is 11.2 Å². The van der Waals surface area contributed by atoms with Crippen LogP contribution < -0.4 is 10.1 Å². The van der Waals surface area contributed by atoms with Gasteiger partial charge in [-0.25, -0.2) is 4.98 Å². The van der Waals surface area contributed by atoms with Crippen molar-refractivity contribution >= 4 is 51.2 Å². The van der Waals surface area contributed by atoms with Crippen LogP contribution in [-0.2, 0) is 4.79 Å². The summed E-state index contributed by atoms with van der Waals surface area (Å²) in [6, 6.07) is 9.89. The van der Waals surface area contributed by atoms with Gasteiger partial charge in [-0.1, -0.05) is 31.0 Å². The van der Waals surface area contributed by atoms with E-state index < -0.39 is 11.0 Å². The molecule has 0 saturated carbocycles.